The van der Waals surface area contributed by atoms with Crippen molar-refractivity contribution in [3.63, 3.8) is 0 Å². The van der Waals surface area contributed by atoms with E-state index in [9.17, 15) is 14.4 Å². The van der Waals surface area contributed by atoms with Gasteiger partial charge in [0, 0.05) is 12.1 Å². The molecule has 0 aliphatic rings. The van der Waals surface area contributed by atoms with E-state index in [4.69, 9.17) is 10.5 Å². The first-order valence-corrected chi connectivity index (χ1v) is 10.2. The van der Waals surface area contributed by atoms with Crippen molar-refractivity contribution in [2.45, 2.75) is 25.5 Å². The van der Waals surface area contributed by atoms with Gasteiger partial charge in [-0.05, 0) is 35.2 Å². The van der Waals surface area contributed by atoms with Crippen molar-refractivity contribution in [3.05, 3.63) is 90.5 Å². The topological polar surface area (TPSA) is 111 Å². The van der Waals surface area contributed by atoms with Crippen LogP contribution in [0.5, 0.6) is 0 Å². The smallest absolute Gasteiger partial charge is 0.408 e. The highest BCUT2D eigenvalue weighted by Crippen LogP contribution is 2.21. The molecule has 0 spiro atoms. The molecule has 7 heteroatoms. The molecule has 1 atom stereocenters. The maximum atomic E-state index is 12.8. The summed E-state index contributed by atoms with van der Waals surface area (Å²) < 4.78 is 5.18. The molecule has 3 aromatic rings. The Kier molecular flexibility index (Phi) is 7.97. The standard InChI is InChI=1S/C25H25N3O4/c26-23(29)16-15-22(28-25(31)32-17-18-7-3-1-4-8-18)24(30)27-21-13-11-20(12-14-21)19-9-5-2-6-10-19/h1-14,22H,15-17H2,(H2,26,29)(H,27,30)(H,28,31)/t22-/m0/s1. The van der Waals surface area contributed by atoms with Gasteiger partial charge in [0.15, 0.2) is 0 Å². The number of hydrogen-bond donors (Lipinski definition) is 3. The summed E-state index contributed by atoms with van der Waals surface area (Å²) in [6.07, 6.45) is -0.744. The van der Waals surface area contributed by atoms with E-state index in [1.807, 2.05) is 72.8 Å². The molecule has 4 N–H and O–H groups in total. The van der Waals surface area contributed by atoms with Gasteiger partial charge in [0.1, 0.15) is 12.6 Å². The SMILES string of the molecule is NC(=O)CC[C@H](NC(=O)OCc1ccccc1)C(=O)Nc1ccc(-c2ccccc2)cc1. The van der Waals surface area contributed by atoms with Crippen molar-refractivity contribution in [1.29, 1.82) is 0 Å². The average Bonchev–Trinajstić information content (AvgIpc) is 2.82. The van der Waals surface area contributed by atoms with Gasteiger partial charge in [-0.25, -0.2) is 4.79 Å². The van der Waals surface area contributed by atoms with Crippen LogP contribution in [0.15, 0.2) is 84.9 Å². The average molecular weight is 431 g/mol. The Balaban J connectivity index is 1.60. The van der Waals surface area contributed by atoms with Crippen LogP contribution in [-0.2, 0) is 20.9 Å². The number of carbonyl (C=O) groups excluding carboxylic acids is 3. The molecule has 3 rings (SSSR count). The molecule has 0 aliphatic heterocycles. The summed E-state index contributed by atoms with van der Waals surface area (Å²) in [7, 11) is 0. The fourth-order valence-corrected chi connectivity index (χ4v) is 3.07. The van der Waals surface area contributed by atoms with Crippen molar-refractivity contribution >= 4 is 23.6 Å². The molecule has 32 heavy (non-hydrogen) atoms. The predicted octanol–water partition coefficient (Wildman–Crippen LogP) is 3.85. The highest BCUT2D eigenvalue weighted by Gasteiger charge is 2.22. The lowest BCUT2D eigenvalue weighted by atomic mass is 10.1. The maximum absolute atomic E-state index is 12.8. The first-order chi connectivity index (χ1) is 15.5. The molecule has 3 amide bonds. The second kappa shape index (κ2) is 11.3. The van der Waals surface area contributed by atoms with Crippen LogP contribution in [0.25, 0.3) is 11.1 Å². The summed E-state index contributed by atoms with van der Waals surface area (Å²) in [6, 6.07) is 25.4. The fourth-order valence-electron chi connectivity index (χ4n) is 3.07. The molecule has 0 bridgehead atoms. The highest BCUT2D eigenvalue weighted by atomic mass is 16.5. The van der Waals surface area contributed by atoms with Crippen LogP contribution in [-0.4, -0.2) is 23.9 Å². The Morgan fingerprint density at radius 3 is 2.03 bits per heavy atom. The van der Waals surface area contributed by atoms with E-state index >= 15 is 0 Å². The third-order valence-corrected chi connectivity index (χ3v) is 4.76. The number of nitrogens with one attached hydrogen (secondary N) is 2. The fraction of sp³-hybridized carbons (Fsp3) is 0.160. The zero-order chi connectivity index (χ0) is 22.8. The number of ether oxygens (including phenoxy) is 1. The van der Waals surface area contributed by atoms with E-state index in [2.05, 4.69) is 10.6 Å². The number of anilines is 1. The summed E-state index contributed by atoms with van der Waals surface area (Å²) in [5.41, 5.74) is 8.68. The summed E-state index contributed by atoms with van der Waals surface area (Å²) >= 11 is 0. The first-order valence-electron chi connectivity index (χ1n) is 10.2. The molecule has 0 radical (unpaired) electrons. The summed E-state index contributed by atoms with van der Waals surface area (Å²) in [5, 5.41) is 5.28. The molecular formula is C25H25N3O4. The number of primary amides is 1. The van der Waals surface area contributed by atoms with Gasteiger partial charge in [-0.2, -0.15) is 0 Å². The number of benzene rings is 3. The van der Waals surface area contributed by atoms with E-state index in [0.29, 0.717) is 5.69 Å². The lowest BCUT2D eigenvalue weighted by Gasteiger charge is -2.18. The van der Waals surface area contributed by atoms with Crippen molar-refractivity contribution < 1.29 is 19.1 Å². The molecule has 0 fully saturated rings. The van der Waals surface area contributed by atoms with Crippen LogP contribution < -0.4 is 16.4 Å². The van der Waals surface area contributed by atoms with Gasteiger partial charge in [-0.15, -0.1) is 0 Å². The number of nitrogens with two attached hydrogens (primary N) is 1. The summed E-state index contributed by atoms with van der Waals surface area (Å²) in [4.78, 5) is 36.2. The Hall–Kier alpha value is -4.13. The van der Waals surface area contributed by atoms with Crippen LogP contribution in [0.4, 0.5) is 10.5 Å². The molecule has 0 saturated carbocycles. The molecule has 0 heterocycles. The minimum absolute atomic E-state index is 0.0516. The molecule has 0 unspecified atom stereocenters. The van der Waals surface area contributed by atoms with Crippen molar-refractivity contribution in [2.24, 2.45) is 5.73 Å². The molecular weight excluding hydrogens is 406 g/mol. The van der Waals surface area contributed by atoms with Crippen molar-refractivity contribution in [2.75, 3.05) is 5.32 Å². The second-order valence-electron chi connectivity index (χ2n) is 7.20. The lowest BCUT2D eigenvalue weighted by Crippen LogP contribution is -2.44. The minimum Gasteiger partial charge on any atom is -0.445 e. The number of alkyl carbamates (subject to hydrolysis) is 1. The number of carbonyl (C=O) groups is 3. The zero-order valence-corrected chi connectivity index (χ0v) is 17.5. The van der Waals surface area contributed by atoms with E-state index in [0.717, 1.165) is 16.7 Å². The van der Waals surface area contributed by atoms with E-state index < -0.39 is 23.9 Å². The largest absolute Gasteiger partial charge is 0.445 e. The third-order valence-electron chi connectivity index (χ3n) is 4.76. The predicted molar refractivity (Wildman–Crippen MR) is 122 cm³/mol. The molecule has 164 valence electrons. The number of amides is 3. The van der Waals surface area contributed by atoms with E-state index in [1.165, 1.54) is 0 Å². The van der Waals surface area contributed by atoms with Gasteiger partial charge >= 0.3 is 6.09 Å². The van der Waals surface area contributed by atoms with Gasteiger partial charge < -0.3 is 21.1 Å². The number of hydrogen-bond acceptors (Lipinski definition) is 4. The lowest BCUT2D eigenvalue weighted by molar-refractivity contribution is -0.119. The van der Waals surface area contributed by atoms with Crippen LogP contribution in [0.2, 0.25) is 0 Å². The van der Waals surface area contributed by atoms with Crippen LogP contribution in [0.3, 0.4) is 0 Å². The summed E-state index contributed by atoms with van der Waals surface area (Å²) in [5.74, 6) is -1.02. The summed E-state index contributed by atoms with van der Waals surface area (Å²) in [6.45, 7) is 0.0672. The molecule has 0 aromatic heterocycles. The Morgan fingerprint density at radius 2 is 1.41 bits per heavy atom. The van der Waals surface area contributed by atoms with Gasteiger partial charge in [-0.3, -0.25) is 9.59 Å². The van der Waals surface area contributed by atoms with Gasteiger partial charge in [0.05, 0.1) is 0 Å². The third kappa shape index (κ3) is 6.98. The Morgan fingerprint density at radius 1 is 0.812 bits per heavy atom. The Labute approximate surface area is 186 Å². The normalized spacial score (nSPS) is 11.2. The molecule has 0 saturated heterocycles. The minimum atomic E-state index is -0.973. The van der Waals surface area contributed by atoms with Crippen LogP contribution in [0, 0.1) is 0 Å². The van der Waals surface area contributed by atoms with Gasteiger partial charge in [0.2, 0.25) is 11.8 Å². The van der Waals surface area contributed by atoms with Gasteiger partial charge in [-0.1, -0.05) is 72.8 Å². The van der Waals surface area contributed by atoms with Crippen LogP contribution >= 0.6 is 0 Å². The molecule has 7 nitrogen and oxygen atoms in total. The Bertz CT molecular complexity index is 1040. The van der Waals surface area contributed by atoms with Gasteiger partial charge in [0.25, 0.3) is 0 Å². The second-order valence-corrected chi connectivity index (χ2v) is 7.20. The number of rotatable bonds is 9. The van der Waals surface area contributed by atoms with Crippen molar-refractivity contribution in [3.8, 4) is 11.1 Å². The molecule has 0 aliphatic carbocycles. The zero-order valence-electron chi connectivity index (χ0n) is 17.5. The monoisotopic (exact) mass is 431 g/mol. The maximum Gasteiger partial charge on any atom is 0.408 e. The quantitative estimate of drug-likeness (QED) is 0.478. The molecule has 3 aromatic carbocycles. The van der Waals surface area contributed by atoms with E-state index in [-0.39, 0.29) is 19.4 Å². The van der Waals surface area contributed by atoms with Crippen LogP contribution in [0.1, 0.15) is 18.4 Å². The first kappa shape index (κ1) is 22.6. The van der Waals surface area contributed by atoms with E-state index in [1.54, 1.807) is 12.1 Å². The van der Waals surface area contributed by atoms with Crippen molar-refractivity contribution in [1.82, 2.24) is 5.32 Å². The highest BCUT2D eigenvalue weighted by molar-refractivity contribution is 5.97.